The third-order valence-electron chi connectivity index (χ3n) is 4.36. The first kappa shape index (κ1) is 16.9. The fraction of sp³-hybridized carbons (Fsp3) is 0.263. The van der Waals surface area contributed by atoms with E-state index >= 15 is 0 Å². The van der Waals surface area contributed by atoms with Crippen molar-refractivity contribution in [3.8, 4) is 11.6 Å². The van der Waals surface area contributed by atoms with E-state index in [1.165, 1.54) is 16.1 Å². The Labute approximate surface area is 156 Å². The maximum absolute atomic E-state index is 8.80. The molecule has 0 amide bonds. The second kappa shape index (κ2) is 7.39. The van der Waals surface area contributed by atoms with Crippen LogP contribution in [0.15, 0.2) is 53.7 Å². The minimum Gasteiger partial charge on any atom is -0.490 e. The molecule has 0 bridgehead atoms. The summed E-state index contributed by atoms with van der Waals surface area (Å²) in [6, 6.07) is 12.3. The number of pyridine rings is 1. The largest absolute Gasteiger partial charge is 0.490 e. The summed E-state index contributed by atoms with van der Waals surface area (Å²) < 4.78 is 7.10. The van der Waals surface area contributed by atoms with Crippen LogP contribution in [0.5, 0.6) is 5.75 Å². The quantitative estimate of drug-likeness (QED) is 0.696. The van der Waals surface area contributed by atoms with Crippen LogP contribution in [-0.4, -0.2) is 39.0 Å². The predicted octanol–water partition coefficient (Wildman–Crippen LogP) is 3.27. The Morgan fingerprint density at radius 2 is 2.23 bits per heavy atom. The number of aromatic nitrogens is 3. The van der Waals surface area contributed by atoms with Gasteiger partial charge in [-0.15, -0.1) is 11.8 Å². The molecule has 0 radical (unpaired) electrons. The van der Waals surface area contributed by atoms with E-state index in [9.17, 15) is 0 Å². The molecule has 0 aliphatic carbocycles. The van der Waals surface area contributed by atoms with Crippen molar-refractivity contribution >= 4 is 17.4 Å². The number of ether oxygens (including phenoxy) is 1. The zero-order valence-electron chi connectivity index (χ0n) is 14.4. The molecule has 1 aromatic carbocycles. The molecule has 0 fully saturated rings. The molecule has 0 spiro atoms. The highest BCUT2D eigenvalue weighted by atomic mass is 32.2. The Balaban J connectivity index is 1.52. The molecule has 26 heavy (non-hydrogen) atoms. The number of aliphatic hydroxyl groups is 1. The number of hydrogen-bond acceptors (Lipinski definition) is 6. The van der Waals surface area contributed by atoms with Crippen LogP contribution in [-0.2, 0) is 0 Å². The molecule has 0 saturated heterocycles. The van der Waals surface area contributed by atoms with Gasteiger partial charge >= 0.3 is 0 Å². The number of aliphatic hydroxyl groups excluding tert-OH is 1. The lowest BCUT2D eigenvalue weighted by atomic mass is 9.98. The standard InChI is InChI=1S/C19H20N4O2S/c1-13(14-2-4-17-18(10-14)26-12-21-17)16-6-7-23(22-16)19-5-3-15(11-20-19)25-9-8-24/h2-7,10-11,13,21,24H,8-9,12H2,1H3/t13-/m0/s1. The smallest absolute Gasteiger partial charge is 0.153 e. The first-order valence-corrected chi connectivity index (χ1v) is 9.49. The van der Waals surface area contributed by atoms with Gasteiger partial charge in [-0.3, -0.25) is 0 Å². The first-order chi connectivity index (χ1) is 12.7. The number of thioether (sulfide) groups is 1. The molecule has 3 aromatic rings. The van der Waals surface area contributed by atoms with Crippen LogP contribution in [0.2, 0.25) is 0 Å². The summed E-state index contributed by atoms with van der Waals surface area (Å²) >= 11 is 1.83. The summed E-state index contributed by atoms with van der Waals surface area (Å²) in [5.41, 5.74) is 3.47. The van der Waals surface area contributed by atoms with Gasteiger partial charge in [0.1, 0.15) is 12.4 Å². The second-order valence-corrected chi connectivity index (χ2v) is 7.07. The fourth-order valence-electron chi connectivity index (χ4n) is 2.89. The molecule has 7 heteroatoms. The van der Waals surface area contributed by atoms with Crippen LogP contribution in [0.4, 0.5) is 5.69 Å². The monoisotopic (exact) mass is 368 g/mol. The molecule has 1 atom stereocenters. The van der Waals surface area contributed by atoms with Crippen LogP contribution in [0.1, 0.15) is 24.1 Å². The van der Waals surface area contributed by atoms with Crippen LogP contribution in [0, 0.1) is 0 Å². The van der Waals surface area contributed by atoms with Crippen molar-refractivity contribution in [3.63, 3.8) is 0 Å². The molecule has 0 unspecified atom stereocenters. The fourth-order valence-corrected chi connectivity index (χ4v) is 3.79. The second-order valence-electron chi connectivity index (χ2n) is 6.05. The van der Waals surface area contributed by atoms with Gasteiger partial charge in [-0.1, -0.05) is 13.0 Å². The topological polar surface area (TPSA) is 72.2 Å². The van der Waals surface area contributed by atoms with Gasteiger partial charge in [-0.05, 0) is 35.9 Å². The number of fused-ring (bicyclic) bond motifs is 1. The molecule has 2 N–H and O–H groups in total. The number of benzene rings is 1. The summed E-state index contributed by atoms with van der Waals surface area (Å²) in [4.78, 5) is 5.68. The molecule has 3 heterocycles. The maximum atomic E-state index is 8.80. The molecule has 6 nitrogen and oxygen atoms in total. The van der Waals surface area contributed by atoms with Crippen molar-refractivity contribution in [1.29, 1.82) is 0 Å². The Hall–Kier alpha value is -2.51. The van der Waals surface area contributed by atoms with E-state index in [4.69, 9.17) is 14.9 Å². The van der Waals surface area contributed by atoms with Crippen LogP contribution >= 0.6 is 11.8 Å². The zero-order valence-corrected chi connectivity index (χ0v) is 15.2. The van der Waals surface area contributed by atoms with Gasteiger partial charge in [-0.25, -0.2) is 9.67 Å². The average Bonchev–Trinajstić information content (AvgIpc) is 3.35. The zero-order chi connectivity index (χ0) is 17.9. The Morgan fingerprint density at radius 3 is 3.04 bits per heavy atom. The molecule has 134 valence electrons. The van der Waals surface area contributed by atoms with E-state index in [0.29, 0.717) is 5.75 Å². The Morgan fingerprint density at radius 1 is 1.31 bits per heavy atom. The third kappa shape index (κ3) is 3.40. The minimum atomic E-state index is -0.0145. The molecule has 0 saturated carbocycles. The van der Waals surface area contributed by atoms with E-state index in [1.807, 2.05) is 36.2 Å². The van der Waals surface area contributed by atoms with Crippen molar-refractivity contribution in [3.05, 3.63) is 60.0 Å². The lowest BCUT2D eigenvalue weighted by molar-refractivity contribution is 0.201. The highest BCUT2D eigenvalue weighted by Gasteiger charge is 2.16. The lowest BCUT2D eigenvalue weighted by Crippen LogP contribution is -2.04. The van der Waals surface area contributed by atoms with E-state index < -0.39 is 0 Å². The normalized spacial score (nSPS) is 13.9. The number of nitrogens with one attached hydrogen (secondary N) is 1. The van der Waals surface area contributed by atoms with Gasteiger partial charge in [0.25, 0.3) is 0 Å². The van der Waals surface area contributed by atoms with Crippen molar-refractivity contribution < 1.29 is 9.84 Å². The van der Waals surface area contributed by atoms with Crippen molar-refractivity contribution in [2.75, 3.05) is 24.4 Å². The van der Waals surface area contributed by atoms with E-state index in [1.54, 1.807) is 10.9 Å². The van der Waals surface area contributed by atoms with Crippen LogP contribution in [0.25, 0.3) is 5.82 Å². The van der Waals surface area contributed by atoms with E-state index in [-0.39, 0.29) is 19.1 Å². The number of anilines is 1. The van der Waals surface area contributed by atoms with Crippen LogP contribution in [0.3, 0.4) is 0 Å². The average molecular weight is 368 g/mol. The highest BCUT2D eigenvalue weighted by molar-refractivity contribution is 7.99. The minimum absolute atomic E-state index is 0.0145. The molecule has 2 aromatic heterocycles. The molecular formula is C19H20N4O2S. The summed E-state index contributed by atoms with van der Waals surface area (Å²) in [6.07, 6.45) is 3.56. The van der Waals surface area contributed by atoms with Crippen molar-refractivity contribution in [2.24, 2.45) is 0 Å². The van der Waals surface area contributed by atoms with E-state index in [0.717, 1.165) is 17.4 Å². The SMILES string of the molecule is C[C@@H](c1ccc2c(c1)SCN2)c1ccn(-c2ccc(OCCO)cn2)n1. The number of rotatable bonds is 6. The van der Waals surface area contributed by atoms with Crippen molar-refractivity contribution in [1.82, 2.24) is 14.8 Å². The van der Waals surface area contributed by atoms with E-state index in [2.05, 4.69) is 35.4 Å². The van der Waals surface area contributed by atoms with Gasteiger partial charge in [0.05, 0.1) is 24.4 Å². The number of nitrogens with zero attached hydrogens (tertiary/aromatic N) is 3. The predicted molar refractivity (Wildman–Crippen MR) is 102 cm³/mol. The molecule has 4 rings (SSSR count). The number of hydrogen-bond donors (Lipinski definition) is 2. The summed E-state index contributed by atoms with van der Waals surface area (Å²) in [6.45, 7) is 2.42. The Bertz CT molecular complexity index is 895. The third-order valence-corrected chi connectivity index (χ3v) is 5.30. The maximum Gasteiger partial charge on any atom is 0.153 e. The van der Waals surface area contributed by atoms with Crippen LogP contribution < -0.4 is 10.1 Å². The summed E-state index contributed by atoms with van der Waals surface area (Å²) in [7, 11) is 0. The van der Waals surface area contributed by atoms with Gasteiger partial charge in [0.2, 0.25) is 0 Å². The molecular weight excluding hydrogens is 348 g/mol. The highest BCUT2D eigenvalue weighted by Crippen LogP contribution is 2.36. The Kier molecular flexibility index (Phi) is 4.81. The van der Waals surface area contributed by atoms with Gasteiger partial charge in [-0.2, -0.15) is 5.10 Å². The summed E-state index contributed by atoms with van der Waals surface area (Å²) in [5.74, 6) is 2.50. The first-order valence-electron chi connectivity index (χ1n) is 8.51. The molecule has 1 aliphatic heterocycles. The van der Waals surface area contributed by atoms with Gasteiger partial charge < -0.3 is 15.2 Å². The van der Waals surface area contributed by atoms with Gasteiger partial charge in [0.15, 0.2) is 5.82 Å². The van der Waals surface area contributed by atoms with Crippen molar-refractivity contribution in [2.45, 2.75) is 17.7 Å². The summed E-state index contributed by atoms with van der Waals surface area (Å²) in [5, 5.41) is 16.8. The lowest BCUT2D eigenvalue weighted by Gasteiger charge is -2.11. The van der Waals surface area contributed by atoms with Gasteiger partial charge in [0, 0.05) is 22.7 Å². The molecule has 1 aliphatic rings.